The minimum absolute atomic E-state index is 0.379. The summed E-state index contributed by atoms with van der Waals surface area (Å²) in [5.41, 5.74) is 5.53. The molecule has 5 heteroatoms. The summed E-state index contributed by atoms with van der Waals surface area (Å²) in [4.78, 5) is 4.20. The topological polar surface area (TPSA) is 68.8 Å². The molecule has 0 amide bonds. The molecule has 0 saturated carbocycles. The highest BCUT2D eigenvalue weighted by atomic mass is 15.4. The van der Waals surface area contributed by atoms with E-state index in [2.05, 4.69) is 15.4 Å². The summed E-state index contributed by atoms with van der Waals surface area (Å²) < 4.78 is 1.78. The van der Waals surface area contributed by atoms with Gasteiger partial charge in [-0.2, -0.15) is 4.98 Å². The summed E-state index contributed by atoms with van der Waals surface area (Å²) >= 11 is 0. The normalized spacial score (nSPS) is 21.8. The first-order valence-electron chi connectivity index (χ1n) is 5.64. The van der Waals surface area contributed by atoms with Crippen molar-refractivity contribution in [3.8, 4) is 0 Å². The second kappa shape index (κ2) is 4.61. The summed E-state index contributed by atoms with van der Waals surface area (Å²) in [6, 6.07) is 0.650. The Bertz CT molecular complexity index is 314. The van der Waals surface area contributed by atoms with Gasteiger partial charge in [-0.1, -0.05) is 6.42 Å². The summed E-state index contributed by atoms with van der Waals surface area (Å²) in [5, 5.41) is 7.56. The van der Waals surface area contributed by atoms with Crippen molar-refractivity contribution in [2.24, 2.45) is 7.05 Å². The van der Waals surface area contributed by atoms with Gasteiger partial charge >= 0.3 is 0 Å². The van der Waals surface area contributed by atoms with Crippen LogP contribution in [0.4, 0.5) is 5.95 Å². The average molecular weight is 209 g/mol. The number of nitrogens with two attached hydrogens (primary N) is 1. The third kappa shape index (κ3) is 2.68. The molecule has 0 radical (unpaired) electrons. The number of aryl methyl sites for hydroxylation is 2. The van der Waals surface area contributed by atoms with Crippen LogP contribution in [0, 0.1) is 0 Å². The van der Waals surface area contributed by atoms with Crippen LogP contribution in [0.3, 0.4) is 0 Å². The number of hydrogen-bond donors (Lipinski definition) is 2. The largest absolute Gasteiger partial charge is 0.366 e. The van der Waals surface area contributed by atoms with Crippen LogP contribution in [0.2, 0.25) is 0 Å². The first-order valence-corrected chi connectivity index (χ1v) is 5.64. The Morgan fingerprint density at radius 1 is 1.53 bits per heavy atom. The van der Waals surface area contributed by atoms with Crippen molar-refractivity contribution in [1.82, 2.24) is 20.1 Å². The predicted octanol–water partition coefficient (Wildman–Crippen LogP) is 0.472. The fraction of sp³-hybridized carbons (Fsp3) is 0.800. The molecule has 1 aliphatic heterocycles. The molecule has 1 aromatic rings. The van der Waals surface area contributed by atoms with Gasteiger partial charge in [0.15, 0.2) is 0 Å². The molecule has 84 valence electrons. The molecule has 15 heavy (non-hydrogen) atoms. The smallest absolute Gasteiger partial charge is 0.239 e. The van der Waals surface area contributed by atoms with Crippen LogP contribution >= 0.6 is 0 Å². The molecule has 0 aliphatic carbocycles. The molecule has 3 N–H and O–H groups in total. The number of hydrogen-bond acceptors (Lipinski definition) is 4. The molecule has 1 saturated heterocycles. The van der Waals surface area contributed by atoms with Gasteiger partial charge in [0, 0.05) is 19.5 Å². The van der Waals surface area contributed by atoms with Crippen LogP contribution in [0.15, 0.2) is 0 Å². The monoisotopic (exact) mass is 209 g/mol. The van der Waals surface area contributed by atoms with Crippen molar-refractivity contribution in [2.45, 2.75) is 38.1 Å². The zero-order valence-electron chi connectivity index (χ0n) is 9.24. The SMILES string of the molecule is Cn1nc(N)nc1CCC1CCCCN1. The van der Waals surface area contributed by atoms with Crippen LogP contribution in [-0.2, 0) is 13.5 Å². The minimum atomic E-state index is 0.379. The average Bonchev–Trinajstić information content (AvgIpc) is 2.56. The van der Waals surface area contributed by atoms with Crippen LogP contribution < -0.4 is 11.1 Å². The third-order valence-corrected chi connectivity index (χ3v) is 3.00. The van der Waals surface area contributed by atoms with Crippen LogP contribution in [0.1, 0.15) is 31.5 Å². The highest BCUT2D eigenvalue weighted by Crippen LogP contribution is 2.12. The Balaban J connectivity index is 1.84. The summed E-state index contributed by atoms with van der Waals surface area (Å²) in [7, 11) is 1.90. The van der Waals surface area contributed by atoms with Gasteiger partial charge in [-0.05, 0) is 25.8 Å². The van der Waals surface area contributed by atoms with E-state index in [1.807, 2.05) is 7.05 Å². The first kappa shape index (κ1) is 10.4. The van der Waals surface area contributed by atoms with Gasteiger partial charge < -0.3 is 11.1 Å². The maximum atomic E-state index is 5.53. The second-order valence-corrected chi connectivity index (χ2v) is 4.20. The molecular formula is C10H19N5. The lowest BCUT2D eigenvalue weighted by Crippen LogP contribution is -2.34. The Kier molecular flexibility index (Phi) is 3.20. The molecule has 2 rings (SSSR count). The second-order valence-electron chi connectivity index (χ2n) is 4.20. The van der Waals surface area contributed by atoms with E-state index in [-0.39, 0.29) is 0 Å². The van der Waals surface area contributed by atoms with Crippen molar-refractivity contribution >= 4 is 5.95 Å². The van der Waals surface area contributed by atoms with Crippen molar-refractivity contribution < 1.29 is 0 Å². The summed E-state index contributed by atoms with van der Waals surface area (Å²) in [5.74, 6) is 1.36. The zero-order chi connectivity index (χ0) is 10.7. The van der Waals surface area contributed by atoms with Crippen LogP contribution in [0.25, 0.3) is 0 Å². The molecule has 1 atom stereocenters. The van der Waals surface area contributed by atoms with E-state index in [1.165, 1.54) is 19.3 Å². The fourth-order valence-corrected chi connectivity index (χ4v) is 2.13. The Morgan fingerprint density at radius 2 is 2.40 bits per heavy atom. The number of nitrogens with zero attached hydrogens (tertiary/aromatic N) is 3. The molecule has 1 aliphatic rings. The molecule has 0 aromatic carbocycles. The lowest BCUT2D eigenvalue weighted by atomic mass is 10.0. The first-order chi connectivity index (χ1) is 7.25. The predicted molar refractivity (Wildman–Crippen MR) is 59.4 cm³/mol. The molecule has 2 heterocycles. The van der Waals surface area contributed by atoms with E-state index in [4.69, 9.17) is 5.73 Å². The number of nitrogen functional groups attached to an aromatic ring is 1. The quantitative estimate of drug-likeness (QED) is 0.759. The maximum absolute atomic E-state index is 5.53. The van der Waals surface area contributed by atoms with Crippen molar-refractivity contribution in [2.75, 3.05) is 12.3 Å². The number of aromatic nitrogens is 3. The van der Waals surface area contributed by atoms with Gasteiger partial charge in [0.05, 0.1) is 0 Å². The van der Waals surface area contributed by atoms with Crippen molar-refractivity contribution in [1.29, 1.82) is 0 Å². The highest BCUT2D eigenvalue weighted by molar-refractivity contribution is 5.13. The van der Waals surface area contributed by atoms with Gasteiger partial charge in [-0.15, -0.1) is 5.10 Å². The standard InChI is InChI=1S/C10H19N5/c1-15-9(13-10(11)14-15)6-5-8-4-2-3-7-12-8/h8,12H,2-7H2,1H3,(H2,11,14). The van der Waals surface area contributed by atoms with E-state index in [0.29, 0.717) is 12.0 Å². The lowest BCUT2D eigenvalue weighted by molar-refractivity contribution is 0.379. The molecule has 0 bridgehead atoms. The zero-order valence-corrected chi connectivity index (χ0v) is 9.24. The Hall–Kier alpha value is -1.10. The number of nitrogens with one attached hydrogen (secondary N) is 1. The van der Waals surface area contributed by atoms with Gasteiger partial charge in [-0.3, -0.25) is 4.68 Å². The number of rotatable bonds is 3. The van der Waals surface area contributed by atoms with Crippen molar-refractivity contribution in [3.63, 3.8) is 0 Å². The van der Waals surface area contributed by atoms with Gasteiger partial charge in [-0.25, -0.2) is 0 Å². The molecule has 1 fully saturated rings. The molecular weight excluding hydrogens is 190 g/mol. The van der Waals surface area contributed by atoms with E-state index < -0.39 is 0 Å². The number of anilines is 1. The number of piperidine rings is 1. The molecule has 0 spiro atoms. The highest BCUT2D eigenvalue weighted by Gasteiger charge is 2.13. The Labute approximate surface area is 90.1 Å². The lowest BCUT2D eigenvalue weighted by Gasteiger charge is -2.22. The van der Waals surface area contributed by atoms with Crippen LogP contribution in [0.5, 0.6) is 0 Å². The van der Waals surface area contributed by atoms with E-state index in [9.17, 15) is 0 Å². The van der Waals surface area contributed by atoms with E-state index in [1.54, 1.807) is 4.68 Å². The maximum Gasteiger partial charge on any atom is 0.239 e. The van der Waals surface area contributed by atoms with Crippen LogP contribution in [-0.4, -0.2) is 27.4 Å². The summed E-state index contributed by atoms with van der Waals surface area (Å²) in [6.45, 7) is 1.16. The van der Waals surface area contributed by atoms with Gasteiger partial charge in [0.1, 0.15) is 5.82 Å². The molecule has 1 aromatic heterocycles. The fourth-order valence-electron chi connectivity index (χ4n) is 2.13. The third-order valence-electron chi connectivity index (χ3n) is 3.00. The minimum Gasteiger partial charge on any atom is -0.366 e. The Morgan fingerprint density at radius 3 is 3.00 bits per heavy atom. The summed E-state index contributed by atoms with van der Waals surface area (Å²) in [6.07, 6.45) is 6.03. The van der Waals surface area contributed by atoms with Gasteiger partial charge in [0.25, 0.3) is 0 Å². The molecule has 1 unspecified atom stereocenters. The molecule has 5 nitrogen and oxygen atoms in total. The van der Waals surface area contributed by atoms with Crippen molar-refractivity contribution in [3.05, 3.63) is 5.82 Å². The van der Waals surface area contributed by atoms with Gasteiger partial charge in [0.2, 0.25) is 5.95 Å². The van der Waals surface area contributed by atoms with E-state index in [0.717, 1.165) is 25.2 Å². The van der Waals surface area contributed by atoms with E-state index >= 15 is 0 Å².